The highest BCUT2D eigenvalue weighted by Crippen LogP contribution is 2.31. The fraction of sp³-hybridized carbons (Fsp3) is 0.385. The highest BCUT2D eigenvalue weighted by Gasteiger charge is 2.28. The van der Waals surface area contributed by atoms with E-state index in [0.717, 1.165) is 15.4 Å². The van der Waals surface area contributed by atoms with E-state index in [1.165, 1.54) is 12.8 Å². The Hall–Kier alpha value is -1.40. The van der Waals surface area contributed by atoms with Crippen LogP contribution in [0.1, 0.15) is 23.3 Å². The van der Waals surface area contributed by atoms with Gasteiger partial charge in [0.25, 0.3) is 5.91 Å². The van der Waals surface area contributed by atoms with E-state index in [-0.39, 0.29) is 11.9 Å². The molecule has 1 aliphatic carbocycles. The van der Waals surface area contributed by atoms with E-state index >= 15 is 0 Å². The van der Waals surface area contributed by atoms with Crippen molar-refractivity contribution >= 4 is 32.7 Å². The molecule has 100 valence electrons. The molecular weight excluding hydrogens is 308 g/mol. The maximum atomic E-state index is 12.1. The molecule has 3 rings (SSSR count). The molecular formula is C13H15BrN4O. The minimum atomic E-state index is -0.180. The molecule has 1 unspecified atom stereocenters. The molecule has 0 saturated heterocycles. The van der Waals surface area contributed by atoms with E-state index in [4.69, 9.17) is 5.73 Å². The molecule has 1 atom stereocenters. The second-order valence-corrected chi connectivity index (χ2v) is 5.89. The van der Waals surface area contributed by atoms with Crippen LogP contribution in [-0.2, 0) is 0 Å². The normalized spacial score (nSPS) is 16.5. The molecule has 1 heterocycles. The Bertz CT molecular complexity index is 620. The van der Waals surface area contributed by atoms with E-state index in [0.29, 0.717) is 18.2 Å². The average molecular weight is 323 g/mol. The number of H-pyrrole nitrogens is 1. The van der Waals surface area contributed by atoms with Gasteiger partial charge in [0.15, 0.2) is 5.69 Å². The summed E-state index contributed by atoms with van der Waals surface area (Å²) < 4.78 is 0.921. The number of nitrogens with two attached hydrogens (primary N) is 1. The highest BCUT2D eigenvalue weighted by atomic mass is 79.9. The van der Waals surface area contributed by atoms with E-state index in [1.54, 1.807) is 0 Å². The molecule has 0 aliphatic heterocycles. The second-order valence-electron chi connectivity index (χ2n) is 4.97. The van der Waals surface area contributed by atoms with Crippen LogP contribution < -0.4 is 11.1 Å². The topological polar surface area (TPSA) is 83.8 Å². The van der Waals surface area contributed by atoms with Crippen LogP contribution in [0.15, 0.2) is 22.7 Å². The number of carbonyl (C=O) groups excluding carboxylic acids is 1. The molecule has 0 bridgehead atoms. The van der Waals surface area contributed by atoms with Crippen molar-refractivity contribution in [2.24, 2.45) is 11.7 Å². The Morgan fingerprint density at radius 3 is 3.11 bits per heavy atom. The van der Waals surface area contributed by atoms with Crippen molar-refractivity contribution in [1.82, 2.24) is 15.5 Å². The predicted octanol–water partition coefficient (Wildman–Crippen LogP) is 1.79. The zero-order valence-electron chi connectivity index (χ0n) is 10.3. The number of rotatable bonds is 4. The first-order valence-electron chi connectivity index (χ1n) is 6.32. The second kappa shape index (κ2) is 4.94. The van der Waals surface area contributed by atoms with Crippen molar-refractivity contribution in [1.29, 1.82) is 0 Å². The Balaban J connectivity index is 1.75. The maximum absolute atomic E-state index is 12.1. The zero-order valence-corrected chi connectivity index (χ0v) is 11.9. The van der Waals surface area contributed by atoms with Gasteiger partial charge in [0.1, 0.15) is 0 Å². The summed E-state index contributed by atoms with van der Waals surface area (Å²) in [5.74, 6) is 0.394. The van der Waals surface area contributed by atoms with Crippen molar-refractivity contribution < 1.29 is 4.79 Å². The van der Waals surface area contributed by atoms with Crippen LogP contribution >= 0.6 is 15.9 Å². The summed E-state index contributed by atoms with van der Waals surface area (Å²) in [5.41, 5.74) is 7.23. The Morgan fingerprint density at radius 2 is 2.37 bits per heavy atom. The molecule has 1 aromatic carbocycles. The number of aromatic amines is 1. The van der Waals surface area contributed by atoms with Crippen molar-refractivity contribution in [3.8, 4) is 0 Å². The van der Waals surface area contributed by atoms with Gasteiger partial charge in [-0.2, -0.15) is 5.10 Å². The summed E-state index contributed by atoms with van der Waals surface area (Å²) in [6.45, 7) is 0.506. The van der Waals surface area contributed by atoms with Gasteiger partial charge in [-0.05, 0) is 37.0 Å². The van der Waals surface area contributed by atoms with Gasteiger partial charge in [-0.15, -0.1) is 0 Å². The number of amides is 1. The minimum Gasteiger partial charge on any atom is -0.349 e. The molecule has 5 nitrogen and oxygen atoms in total. The summed E-state index contributed by atoms with van der Waals surface area (Å²) in [4.78, 5) is 12.1. The third-order valence-corrected chi connectivity index (χ3v) is 3.96. The van der Waals surface area contributed by atoms with Crippen LogP contribution in [0, 0.1) is 5.92 Å². The lowest BCUT2D eigenvalue weighted by molar-refractivity contribution is 0.0947. The summed E-state index contributed by atoms with van der Waals surface area (Å²) in [6, 6.07) is 5.74. The van der Waals surface area contributed by atoms with Crippen molar-refractivity contribution in [3.63, 3.8) is 0 Å². The first-order valence-corrected chi connectivity index (χ1v) is 7.12. The Kier molecular flexibility index (Phi) is 3.28. The molecule has 1 saturated carbocycles. The summed E-state index contributed by atoms with van der Waals surface area (Å²) in [6.07, 6.45) is 2.35. The van der Waals surface area contributed by atoms with E-state index in [1.807, 2.05) is 18.2 Å². The molecule has 2 aromatic rings. The molecule has 4 N–H and O–H groups in total. The van der Waals surface area contributed by atoms with Gasteiger partial charge in [0.05, 0.1) is 5.52 Å². The molecule has 0 radical (unpaired) electrons. The summed E-state index contributed by atoms with van der Waals surface area (Å²) in [7, 11) is 0. The number of benzene rings is 1. The SMILES string of the molecule is NC(CNC(=O)c1n[nH]c2ccc(Br)cc12)C1CC1. The highest BCUT2D eigenvalue weighted by molar-refractivity contribution is 9.10. The fourth-order valence-corrected chi connectivity index (χ4v) is 2.51. The van der Waals surface area contributed by atoms with E-state index in [2.05, 4.69) is 31.4 Å². The number of nitrogens with one attached hydrogen (secondary N) is 2. The van der Waals surface area contributed by atoms with Gasteiger partial charge in [0.2, 0.25) is 0 Å². The third kappa shape index (κ3) is 2.64. The monoisotopic (exact) mass is 322 g/mol. The minimum absolute atomic E-state index is 0.0564. The van der Waals surface area contributed by atoms with Gasteiger partial charge in [-0.1, -0.05) is 15.9 Å². The van der Waals surface area contributed by atoms with Crippen molar-refractivity contribution in [2.75, 3.05) is 6.54 Å². The van der Waals surface area contributed by atoms with Gasteiger partial charge in [-0.3, -0.25) is 9.89 Å². The lowest BCUT2D eigenvalue weighted by Gasteiger charge is -2.10. The van der Waals surface area contributed by atoms with Gasteiger partial charge in [-0.25, -0.2) is 0 Å². The predicted molar refractivity (Wildman–Crippen MR) is 76.8 cm³/mol. The molecule has 6 heteroatoms. The van der Waals surface area contributed by atoms with Crippen LogP contribution in [0.3, 0.4) is 0 Å². The van der Waals surface area contributed by atoms with Crippen LogP contribution in [0.4, 0.5) is 0 Å². The summed E-state index contributed by atoms with van der Waals surface area (Å²) in [5, 5.41) is 10.6. The molecule has 1 aliphatic rings. The zero-order chi connectivity index (χ0) is 13.4. The number of fused-ring (bicyclic) bond motifs is 1. The van der Waals surface area contributed by atoms with Crippen LogP contribution in [0.2, 0.25) is 0 Å². The van der Waals surface area contributed by atoms with E-state index < -0.39 is 0 Å². The smallest absolute Gasteiger partial charge is 0.272 e. The fourth-order valence-electron chi connectivity index (χ4n) is 2.14. The molecule has 19 heavy (non-hydrogen) atoms. The van der Waals surface area contributed by atoms with Crippen LogP contribution in [-0.4, -0.2) is 28.7 Å². The first kappa shape index (κ1) is 12.6. The number of carbonyl (C=O) groups is 1. The van der Waals surface area contributed by atoms with Gasteiger partial charge in [0, 0.05) is 22.4 Å². The van der Waals surface area contributed by atoms with E-state index in [9.17, 15) is 4.79 Å². The summed E-state index contributed by atoms with van der Waals surface area (Å²) >= 11 is 3.40. The number of aromatic nitrogens is 2. The molecule has 1 fully saturated rings. The molecule has 0 spiro atoms. The van der Waals surface area contributed by atoms with Gasteiger partial charge < -0.3 is 11.1 Å². The van der Waals surface area contributed by atoms with Crippen LogP contribution in [0.5, 0.6) is 0 Å². The number of hydrogen-bond acceptors (Lipinski definition) is 3. The first-order chi connectivity index (χ1) is 9.15. The molecule has 1 amide bonds. The molecule has 1 aromatic heterocycles. The Labute approximate surface area is 119 Å². The standard InChI is InChI=1S/C13H15BrN4O/c14-8-3-4-11-9(5-8)12(18-17-11)13(19)16-6-10(15)7-1-2-7/h3-5,7,10H,1-2,6,15H2,(H,16,19)(H,17,18). The van der Waals surface area contributed by atoms with Crippen molar-refractivity contribution in [3.05, 3.63) is 28.4 Å². The van der Waals surface area contributed by atoms with Crippen molar-refractivity contribution in [2.45, 2.75) is 18.9 Å². The lowest BCUT2D eigenvalue weighted by atomic mass is 10.2. The average Bonchev–Trinajstić information content (AvgIpc) is 3.16. The van der Waals surface area contributed by atoms with Gasteiger partial charge >= 0.3 is 0 Å². The largest absolute Gasteiger partial charge is 0.349 e. The quantitative estimate of drug-likeness (QED) is 0.802. The lowest BCUT2D eigenvalue weighted by Crippen LogP contribution is -2.38. The van der Waals surface area contributed by atoms with Crippen LogP contribution in [0.25, 0.3) is 10.9 Å². The number of halogens is 1. The number of nitrogens with zero attached hydrogens (tertiary/aromatic N) is 1. The Morgan fingerprint density at radius 1 is 1.58 bits per heavy atom. The maximum Gasteiger partial charge on any atom is 0.272 e. The number of hydrogen-bond donors (Lipinski definition) is 3. The third-order valence-electron chi connectivity index (χ3n) is 3.47.